The topological polar surface area (TPSA) is 55.9 Å². The fourth-order valence-electron chi connectivity index (χ4n) is 2.06. The number of halogens is 1. The molecule has 0 aliphatic heterocycles. The first-order chi connectivity index (χ1) is 9.65. The Kier molecular flexibility index (Phi) is 5.48. The molecular formula is C14H19ClN4S. The lowest BCUT2D eigenvalue weighted by Crippen LogP contribution is -2.31. The zero-order valence-corrected chi connectivity index (χ0v) is 13.2. The molecule has 4 nitrogen and oxygen atoms in total. The van der Waals surface area contributed by atoms with E-state index in [9.17, 15) is 0 Å². The lowest BCUT2D eigenvalue weighted by molar-refractivity contribution is 0.528. The van der Waals surface area contributed by atoms with Crippen LogP contribution in [0.15, 0.2) is 35.4 Å². The van der Waals surface area contributed by atoms with Crippen LogP contribution in [0.4, 0.5) is 0 Å². The molecule has 0 saturated heterocycles. The van der Waals surface area contributed by atoms with E-state index in [0.29, 0.717) is 5.02 Å². The van der Waals surface area contributed by atoms with Crippen LogP contribution in [0.3, 0.4) is 0 Å². The van der Waals surface area contributed by atoms with Crippen LogP contribution in [-0.4, -0.2) is 15.5 Å². The van der Waals surface area contributed by atoms with Crippen LogP contribution >= 0.6 is 23.4 Å². The van der Waals surface area contributed by atoms with Crippen molar-refractivity contribution >= 4 is 23.4 Å². The van der Waals surface area contributed by atoms with Gasteiger partial charge in [-0.2, -0.15) is 5.10 Å². The SMILES string of the molecule is CCn1ncc(Cl)c1C(CSc1cccc(C)c1)NN. The average Bonchev–Trinajstić information content (AvgIpc) is 2.81. The van der Waals surface area contributed by atoms with Crippen molar-refractivity contribution in [1.29, 1.82) is 0 Å². The monoisotopic (exact) mass is 310 g/mol. The van der Waals surface area contributed by atoms with Gasteiger partial charge in [0.25, 0.3) is 0 Å². The second kappa shape index (κ2) is 7.13. The van der Waals surface area contributed by atoms with E-state index in [4.69, 9.17) is 17.4 Å². The summed E-state index contributed by atoms with van der Waals surface area (Å²) in [5, 5.41) is 4.90. The smallest absolute Gasteiger partial charge is 0.0834 e. The minimum atomic E-state index is -0.0320. The zero-order chi connectivity index (χ0) is 14.5. The standard InChI is InChI=1S/C14H19ClN4S/c1-3-19-14(12(15)8-17-19)13(18-16)9-20-11-6-4-5-10(2)7-11/h4-8,13,18H,3,9,16H2,1-2H3. The van der Waals surface area contributed by atoms with Gasteiger partial charge in [-0.25, -0.2) is 0 Å². The number of rotatable bonds is 6. The number of benzene rings is 1. The average molecular weight is 311 g/mol. The zero-order valence-electron chi connectivity index (χ0n) is 11.6. The summed E-state index contributed by atoms with van der Waals surface area (Å²) in [5.74, 6) is 6.48. The van der Waals surface area contributed by atoms with Crippen LogP contribution in [0.2, 0.25) is 5.02 Å². The molecule has 108 valence electrons. The van der Waals surface area contributed by atoms with Crippen molar-refractivity contribution in [3.63, 3.8) is 0 Å². The highest BCUT2D eigenvalue weighted by atomic mass is 35.5. The van der Waals surface area contributed by atoms with Gasteiger partial charge in [0.1, 0.15) is 0 Å². The molecule has 0 aliphatic carbocycles. The Balaban J connectivity index is 2.11. The number of hydrogen-bond acceptors (Lipinski definition) is 4. The van der Waals surface area contributed by atoms with E-state index in [2.05, 4.69) is 41.7 Å². The first-order valence-corrected chi connectivity index (χ1v) is 7.88. The molecule has 0 aliphatic rings. The first kappa shape index (κ1) is 15.4. The predicted molar refractivity (Wildman–Crippen MR) is 84.9 cm³/mol. The number of nitrogens with one attached hydrogen (secondary N) is 1. The molecular weight excluding hydrogens is 292 g/mol. The summed E-state index contributed by atoms with van der Waals surface area (Å²) >= 11 is 7.97. The Bertz CT molecular complexity index is 570. The summed E-state index contributed by atoms with van der Waals surface area (Å²) in [4.78, 5) is 1.23. The third-order valence-electron chi connectivity index (χ3n) is 3.07. The molecule has 1 unspecified atom stereocenters. The first-order valence-electron chi connectivity index (χ1n) is 6.52. The Morgan fingerprint density at radius 1 is 1.50 bits per heavy atom. The van der Waals surface area contributed by atoms with Gasteiger partial charge in [-0.3, -0.25) is 16.0 Å². The van der Waals surface area contributed by atoms with Crippen LogP contribution < -0.4 is 11.3 Å². The molecule has 20 heavy (non-hydrogen) atoms. The van der Waals surface area contributed by atoms with Crippen molar-refractivity contribution < 1.29 is 0 Å². The summed E-state index contributed by atoms with van der Waals surface area (Å²) in [5.41, 5.74) is 5.03. The molecule has 2 aromatic rings. The van der Waals surface area contributed by atoms with Gasteiger partial charge in [-0.15, -0.1) is 11.8 Å². The van der Waals surface area contributed by atoms with E-state index in [0.717, 1.165) is 18.0 Å². The van der Waals surface area contributed by atoms with E-state index >= 15 is 0 Å². The van der Waals surface area contributed by atoms with Gasteiger partial charge in [0.05, 0.1) is 23.0 Å². The van der Waals surface area contributed by atoms with Gasteiger partial charge in [0, 0.05) is 17.2 Å². The Morgan fingerprint density at radius 3 is 2.95 bits per heavy atom. The molecule has 1 atom stereocenters. The van der Waals surface area contributed by atoms with Gasteiger partial charge in [0.15, 0.2) is 0 Å². The minimum Gasteiger partial charge on any atom is -0.271 e. The Morgan fingerprint density at radius 2 is 2.30 bits per heavy atom. The number of aryl methyl sites for hydroxylation is 2. The van der Waals surface area contributed by atoms with Crippen molar-refractivity contribution in [2.75, 3.05) is 5.75 Å². The molecule has 3 N–H and O–H groups in total. The summed E-state index contributed by atoms with van der Waals surface area (Å²) < 4.78 is 1.88. The van der Waals surface area contributed by atoms with Crippen LogP contribution in [0.5, 0.6) is 0 Å². The van der Waals surface area contributed by atoms with Crippen molar-refractivity contribution in [2.45, 2.75) is 31.3 Å². The van der Waals surface area contributed by atoms with E-state index in [1.54, 1.807) is 18.0 Å². The molecule has 0 fully saturated rings. The molecule has 0 amide bonds. The van der Waals surface area contributed by atoms with Gasteiger partial charge in [0.2, 0.25) is 0 Å². The predicted octanol–water partition coefficient (Wildman–Crippen LogP) is 3.16. The van der Waals surface area contributed by atoms with Gasteiger partial charge in [-0.05, 0) is 26.0 Å². The summed E-state index contributed by atoms with van der Waals surface area (Å²) in [7, 11) is 0. The van der Waals surface area contributed by atoms with E-state index < -0.39 is 0 Å². The second-order valence-corrected chi connectivity index (χ2v) is 6.04. The van der Waals surface area contributed by atoms with Crippen molar-refractivity contribution in [3.8, 4) is 0 Å². The van der Waals surface area contributed by atoms with Gasteiger partial charge in [-0.1, -0.05) is 29.3 Å². The number of hydrogen-bond donors (Lipinski definition) is 2. The third-order valence-corrected chi connectivity index (χ3v) is 4.45. The largest absolute Gasteiger partial charge is 0.271 e. The van der Waals surface area contributed by atoms with E-state index in [1.807, 2.05) is 11.6 Å². The lowest BCUT2D eigenvalue weighted by atomic mass is 10.2. The normalized spacial score (nSPS) is 12.6. The molecule has 1 aromatic heterocycles. The van der Waals surface area contributed by atoms with Crippen LogP contribution in [0.25, 0.3) is 0 Å². The van der Waals surface area contributed by atoms with E-state index in [-0.39, 0.29) is 6.04 Å². The van der Waals surface area contributed by atoms with Crippen LogP contribution in [0, 0.1) is 6.92 Å². The van der Waals surface area contributed by atoms with E-state index in [1.165, 1.54) is 10.5 Å². The molecule has 1 aromatic carbocycles. The number of nitrogens with two attached hydrogens (primary N) is 1. The number of hydrazine groups is 1. The lowest BCUT2D eigenvalue weighted by Gasteiger charge is -2.17. The fraction of sp³-hybridized carbons (Fsp3) is 0.357. The number of nitrogens with zero attached hydrogens (tertiary/aromatic N) is 2. The highest BCUT2D eigenvalue weighted by molar-refractivity contribution is 7.99. The molecule has 0 spiro atoms. The number of aromatic nitrogens is 2. The van der Waals surface area contributed by atoms with Crippen molar-refractivity contribution in [3.05, 3.63) is 46.7 Å². The Labute approximate surface area is 128 Å². The molecule has 0 radical (unpaired) electrons. The van der Waals surface area contributed by atoms with Crippen molar-refractivity contribution in [2.24, 2.45) is 5.84 Å². The summed E-state index contributed by atoms with van der Waals surface area (Å²) in [6.45, 7) is 4.90. The van der Waals surface area contributed by atoms with Crippen LogP contribution in [0.1, 0.15) is 24.2 Å². The molecule has 1 heterocycles. The summed E-state index contributed by atoms with van der Waals surface area (Å²) in [6, 6.07) is 8.38. The van der Waals surface area contributed by atoms with Crippen LogP contribution in [-0.2, 0) is 6.54 Å². The number of thioether (sulfide) groups is 1. The van der Waals surface area contributed by atoms with Gasteiger partial charge >= 0.3 is 0 Å². The summed E-state index contributed by atoms with van der Waals surface area (Å²) in [6.07, 6.45) is 1.67. The maximum atomic E-state index is 6.22. The molecule has 0 saturated carbocycles. The molecule has 2 rings (SSSR count). The Hall–Kier alpha value is -1.01. The highest BCUT2D eigenvalue weighted by Gasteiger charge is 2.19. The van der Waals surface area contributed by atoms with Gasteiger partial charge < -0.3 is 0 Å². The molecule has 6 heteroatoms. The second-order valence-electron chi connectivity index (χ2n) is 4.54. The van der Waals surface area contributed by atoms with Crippen molar-refractivity contribution in [1.82, 2.24) is 15.2 Å². The quantitative estimate of drug-likeness (QED) is 0.489. The third kappa shape index (κ3) is 3.55. The fourth-order valence-corrected chi connectivity index (χ4v) is 3.39. The maximum absolute atomic E-state index is 6.22. The maximum Gasteiger partial charge on any atom is 0.0834 e. The highest BCUT2D eigenvalue weighted by Crippen LogP contribution is 2.28. The minimum absolute atomic E-state index is 0.0320. The molecule has 0 bridgehead atoms.